The lowest BCUT2D eigenvalue weighted by molar-refractivity contribution is 0.672. The minimum atomic E-state index is -0.747. The predicted molar refractivity (Wildman–Crippen MR) is 70.4 cm³/mol. The molecule has 0 bridgehead atoms. The highest BCUT2D eigenvalue weighted by molar-refractivity contribution is 7.84. The number of anilines is 2. The van der Waals surface area contributed by atoms with Crippen LogP contribution in [0.15, 0.2) is 18.2 Å². The van der Waals surface area contributed by atoms with E-state index in [4.69, 9.17) is 0 Å². The predicted octanol–water partition coefficient (Wildman–Crippen LogP) is 1.69. The molecule has 2 unspecified atom stereocenters. The molecule has 0 amide bonds. The van der Waals surface area contributed by atoms with Gasteiger partial charge in [0.1, 0.15) is 11.6 Å². The summed E-state index contributed by atoms with van der Waals surface area (Å²) in [5.41, 5.74) is 0. The van der Waals surface area contributed by atoms with Crippen LogP contribution in [-0.2, 0) is 10.8 Å². The van der Waals surface area contributed by atoms with E-state index in [1.807, 2.05) is 32.2 Å². The fourth-order valence-corrected chi connectivity index (χ4v) is 1.69. The third kappa shape index (κ3) is 4.18. The monoisotopic (exact) mass is 241 g/mol. The van der Waals surface area contributed by atoms with E-state index in [9.17, 15) is 4.21 Å². The summed E-state index contributed by atoms with van der Waals surface area (Å²) in [5, 5.41) is 6.43. The molecule has 0 saturated heterocycles. The molecule has 0 radical (unpaired) electrons. The molecule has 1 aromatic rings. The molecule has 1 heterocycles. The van der Waals surface area contributed by atoms with Gasteiger partial charge in [-0.3, -0.25) is 4.21 Å². The Hall–Kier alpha value is -1.10. The fourth-order valence-electron chi connectivity index (χ4n) is 1.24. The Balaban J connectivity index is 2.39. The van der Waals surface area contributed by atoms with Crippen molar-refractivity contribution in [3.8, 4) is 0 Å². The Morgan fingerprint density at radius 2 is 2.12 bits per heavy atom. The molecule has 0 aliphatic heterocycles. The first-order valence-corrected chi connectivity index (χ1v) is 6.96. The Morgan fingerprint density at radius 1 is 1.44 bits per heavy atom. The first kappa shape index (κ1) is 13.0. The molecule has 2 atom stereocenters. The van der Waals surface area contributed by atoms with Crippen molar-refractivity contribution in [3.05, 3.63) is 18.2 Å². The van der Waals surface area contributed by atoms with E-state index in [2.05, 4.69) is 15.6 Å². The molecule has 2 N–H and O–H groups in total. The quantitative estimate of drug-likeness (QED) is 0.796. The number of pyridine rings is 1. The molecule has 1 aromatic heterocycles. The second kappa shape index (κ2) is 6.48. The molecule has 1 rings (SSSR count). The van der Waals surface area contributed by atoms with Gasteiger partial charge in [-0.05, 0) is 18.6 Å². The number of nitrogens with zero attached hydrogens (tertiary/aromatic N) is 1. The highest BCUT2D eigenvalue weighted by atomic mass is 32.2. The zero-order chi connectivity index (χ0) is 12.0. The largest absolute Gasteiger partial charge is 0.373 e. The Morgan fingerprint density at radius 3 is 2.75 bits per heavy atom. The van der Waals surface area contributed by atoms with E-state index >= 15 is 0 Å². The normalized spacial score (nSPS) is 14.2. The van der Waals surface area contributed by atoms with Gasteiger partial charge in [0.05, 0.1) is 0 Å². The fraction of sp³-hybridized carbons (Fsp3) is 0.545. The highest BCUT2D eigenvalue weighted by Gasteiger charge is 2.05. The van der Waals surface area contributed by atoms with Crippen LogP contribution in [0.5, 0.6) is 0 Å². The maximum atomic E-state index is 11.1. The van der Waals surface area contributed by atoms with Crippen LogP contribution in [0.4, 0.5) is 11.6 Å². The van der Waals surface area contributed by atoms with Gasteiger partial charge in [-0.25, -0.2) is 4.98 Å². The first-order valence-electron chi connectivity index (χ1n) is 5.34. The van der Waals surface area contributed by atoms with E-state index < -0.39 is 10.8 Å². The average Bonchev–Trinajstić information content (AvgIpc) is 2.29. The Bertz CT molecular complexity index is 357. The lowest BCUT2D eigenvalue weighted by Crippen LogP contribution is -2.15. The molecule has 0 aliphatic rings. The molecule has 4 nitrogen and oxygen atoms in total. The zero-order valence-corrected chi connectivity index (χ0v) is 10.8. The summed E-state index contributed by atoms with van der Waals surface area (Å²) in [5.74, 6) is 1.69. The van der Waals surface area contributed by atoms with E-state index in [-0.39, 0.29) is 5.25 Å². The zero-order valence-electron chi connectivity index (χ0n) is 9.99. The summed E-state index contributed by atoms with van der Waals surface area (Å²) in [6.45, 7) is 2.79. The van der Waals surface area contributed by atoms with Crippen LogP contribution in [-0.4, -0.2) is 34.3 Å². The summed E-state index contributed by atoms with van der Waals surface area (Å²) in [6, 6.07) is 5.78. The number of aromatic nitrogens is 1. The van der Waals surface area contributed by atoms with E-state index in [0.717, 1.165) is 24.6 Å². The van der Waals surface area contributed by atoms with Crippen molar-refractivity contribution in [2.45, 2.75) is 18.6 Å². The van der Waals surface area contributed by atoms with Gasteiger partial charge in [0.2, 0.25) is 0 Å². The minimum Gasteiger partial charge on any atom is -0.373 e. The van der Waals surface area contributed by atoms with Crippen molar-refractivity contribution in [1.82, 2.24) is 4.98 Å². The van der Waals surface area contributed by atoms with Crippen LogP contribution in [0, 0.1) is 0 Å². The van der Waals surface area contributed by atoms with Gasteiger partial charge in [0, 0.05) is 35.9 Å². The Labute approximate surface area is 99.3 Å². The first-order chi connectivity index (χ1) is 7.63. The summed E-state index contributed by atoms with van der Waals surface area (Å²) in [4.78, 5) is 4.33. The van der Waals surface area contributed by atoms with Crippen LogP contribution in [0.1, 0.15) is 13.3 Å². The van der Waals surface area contributed by atoms with Gasteiger partial charge >= 0.3 is 0 Å². The molecular formula is C11H19N3OS. The van der Waals surface area contributed by atoms with Gasteiger partial charge < -0.3 is 10.6 Å². The molecule has 0 aliphatic carbocycles. The molecule has 5 heteroatoms. The maximum Gasteiger partial charge on any atom is 0.128 e. The maximum absolute atomic E-state index is 11.1. The van der Waals surface area contributed by atoms with Crippen LogP contribution < -0.4 is 10.6 Å². The van der Waals surface area contributed by atoms with Crippen molar-refractivity contribution >= 4 is 22.4 Å². The second-order valence-electron chi connectivity index (χ2n) is 3.68. The van der Waals surface area contributed by atoms with Gasteiger partial charge in [0.15, 0.2) is 0 Å². The highest BCUT2D eigenvalue weighted by Crippen LogP contribution is 2.08. The van der Waals surface area contributed by atoms with Gasteiger partial charge in [-0.15, -0.1) is 0 Å². The van der Waals surface area contributed by atoms with Crippen molar-refractivity contribution in [2.24, 2.45) is 0 Å². The molecule has 0 spiro atoms. The summed E-state index contributed by atoms with van der Waals surface area (Å²) in [6.07, 6.45) is 2.62. The molecule has 0 fully saturated rings. The Kier molecular flexibility index (Phi) is 5.25. The lowest BCUT2D eigenvalue weighted by Gasteiger charge is -2.10. The van der Waals surface area contributed by atoms with Gasteiger partial charge in [-0.1, -0.05) is 13.0 Å². The number of rotatable bonds is 6. The third-order valence-corrected chi connectivity index (χ3v) is 3.80. The van der Waals surface area contributed by atoms with Crippen molar-refractivity contribution in [2.75, 3.05) is 30.5 Å². The van der Waals surface area contributed by atoms with Crippen molar-refractivity contribution in [1.29, 1.82) is 0 Å². The summed E-state index contributed by atoms with van der Waals surface area (Å²) >= 11 is 0. The van der Waals surface area contributed by atoms with Crippen molar-refractivity contribution < 1.29 is 4.21 Å². The smallest absolute Gasteiger partial charge is 0.128 e. The van der Waals surface area contributed by atoms with Crippen molar-refractivity contribution in [3.63, 3.8) is 0 Å². The standard InChI is InChI=1S/C11H19N3OS/c1-9(16(3)15)7-8-13-11-6-4-5-10(12-2)14-11/h4-6,9H,7-8H2,1-3H3,(H2,12,13,14). The average molecular weight is 241 g/mol. The summed E-state index contributed by atoms with van der Waals surface area (Å²) in [7, 11) is 1.09. The molecule has 0 saturated carbocycles. The number of nitrogens with one attached hydrogen (secondary N) is 2. The second-order valence-corrected chi connectivity index (χ2v) is 5.48. The van der Waals surface area contributed by atoms with Gasteiger partial charge in [0.25, 0.3) is 0 Å². The minimum absolute atomic E-state index is 0.222. The number of hydrogen-bond acceptors (Lipinski definition) is 4. The lowest BCUT2D eigenvalue weighted by atomic mass is 10.3. The topological polar surface area (TPSA) is 54.0 Å². The molecule has 90 valence electrons. The molecule has 16 heavy (non-hydrogen) atoms. The van der Waals surface area contributed by atoms with E-state index in [0.29, 0.717) is 0 Å². The van der Waals surface area contributed by atoms with E-state index in [1.54, 1.807) is 6.26 Å². The molecular weight excluding hydrogens is 222 g/mol. The number of hydrogen-bond donors (Lipinski definition) is 2. The third-order valence-electron chi connectivity index (χ3n) is 2.43. The van der Waals surface area contributed by atoms with E-state index in [1.165, 1.54) is 0 Å². The van der Waals surface area contributed by atoms with Crippen LogP contribution >= 0.6 is 0 Å². The van der Waals surface area contributed by atoms with Crippen LogP contribution in [0.2, 0.25) is 0 Å². The SMILES string of the molecule is CNc1cccc(NCCC(C)S(C)=O)n1. The van der Waals surface area contributed by atoms with Gasteiger partial charge in [-0.2, -0.15) is 0 Å². The molecule has 0 aromatic carbocycles. The summed E-state index contributed by atoms with van der Waals surface area (Å²) < 4.78 is 11.1. The van der Waals surface area contributed by atoms with Crippen LogP contribution in [0.25, 0.3) is 0 Å². The van der Waals surface area contributed by atoms with Crippen LogP contribution in [0.3, 0.4) is 0 Å².